The second kappa shape index (κ2) is 7.76. The molecule has 1 N–H and O–H groups in total. The minimum absolute atomic E-state index is 0.0415. The molecule has 1 saturated heterocycles. The van der Waals surface area contributed by atoms with Crippen LogP contribution in [-0.2, 0) is 0 Å². The quantitative estimate of drug-likeness (QED) is 0.850. The molecule has 0 aromatic carbocycles. The van der Waals surface area contributed by atoms with E-state index in [1.54, 1.807) is 6.33 Å². The van der Waals surface area contributed by atoms with Crippen LogP contribution < -0.4 is 20.8 Å². The minimum atomic E-state index is -0.0415. The summed E-state index contributed by atoms with van der Waals surface area (Å²) in [6.45, 7) is 9.26. The minimum Gasteiger partial charge on any atom is -0.353 e. The van der Waals surface area contributed by atoms with Crippen molar-refractivity contribution in [3.8, 4) is 0 Å². The number of piperidine rings is 1. The van der Waals surface area contributed by atoms with E-state index in [1.807, 2.05) is 19.9 Å². The van der Waals surface area contributed by atoms with Gasteiger partial charge in [-0.3, -0.25) is 0 Å². The van der Waals surface area contributed by atoms with Gasteiger partial charge in [-0.05, 0) is 46.7 Å². The topological polar surface area (TPSA) is 41.1 Å². The van der Waals surface area contributed by atoms with Gasteiger partial charge in [0, 0.05) is 23.2 Å². The first-order chi connectivity index (χ1) is 10.2. The summed E-state index contributed by atoms with van der Waals surface area (Å²) in [5.41, 5.74) is 0. The van der Waals surface area contributed by atoms with Crippen molar-refractivity contribution in [2.45, 2.75) is 45.0 Å². The summed E-state index contributed by atoms with van der Waals surface area (Å²) >= 11 is 6.19. The molecule has 0 saturated carbocycles. The third-order valence-electron chi connectivity index (χ3n) is 3.93. The Bertz CT molecular complexity index is 564. The zero-order valence-electron chi connectivity index (χ0n) is 13.1. The lowest BCUT2D eigenvalue weighted by atomic mass is 10.0. The molecule has 2 rings (SSSR count). The molecule has 0 radical (unpaired) electrons. The van der Waals surface area contributed by atoms with Crippen LogP contribution in [0.5, 0.6) is 0 Å². The number of nitrogens with one attached hydrogen (secondary N) is 1. The Morgan fingerprint density at radius 3 is 2.71 bits per heavy atom. The average molecular weight is 309 g/mol. The second-order valence-electron chi connectivity index (χ2n) is 5.40. The van der Waals surface area contributed by atoms with Gasteiger partial charge in [-0.2, -0.15) is 0 Å². The molecule has 4 nitrogen and oxygen atoms in total. The van der Waals surface area contributed by atoms with E-state index in [4.69, 9.17) is 11.6 Å². The van der Waals surface area contributed by atoms with Crippen molar-refractivity contribution >= 4 is 29.6 Å². The summed E-state index contributed by atoms with van der Waals surface area (Å²) in [5, 5.41) is 5.39. The van der Waals surface area contributed by atoms with Crippen LogP contribution in [0.25, 0.3) is 12.2 Å². The van der Waals surface area contributed by atoms with Crippen LogP contribution in [0.4, 0.5) is 5.82 Å². The standard InChI is InChI=1S/C16H25ClN4/c1-4-15-14(10-12(3)17)16(20-11-19-15)21(5-2)13-6-8-18-9-7-13/h4,10-13,18H,5-9H2,1-3H3/b14-10+,15-4+. The number of hydrogen-bond donors (Lipinski definition) is 1. The average Bonchev–Trinajstić information content (AvgIpc) is 2.50. The molecule has 1 unspecified atom stereocenters. The monoisotopic (exact) mass is 308 g/mol. The Labute approximate surface area is 131 Å². The Morgan fingerprint density at radius 1 is 1.43 bits per heavy atom. The van der Waals surface area contributed by atoms with Crippen LogP contribution in [0.15, 0.2) is 6.33 Å². The maximum absolute atomic E-state index is 6.19. The number of rotatable bonds is 4. The van der Waals surface area contributed by atoms with E-state index in [9.17, 15) is 0 Å². The number of aromatic nitrogens is 2. The van der Waals surface area contributed by atoms with E-state index < -0.39 is 0 Å². The van der Waals surface area contributed by atoms with Crippen molar-refractivity contribution in [3.63, 3.8) is 0 Å². The van der Waals surface area contributed by atoms with E-state index >= 15 is 0 Å². The Kier molecular flexibility index (Phi) is 6.00. The smallest absolute Gasteiger partial charge is 0.139 e. The zero-order valence-corrected chi connectivity index (χ0v) is 13.9. The first-order valence-electron chi connectivity index (χ1n) is 7.78. The molecule has 1 fully saturated rings. The molecule has 21 heavy (non-hydrogen) atoms. The predicted molar refractivity (Wildman–Crippen MR) is 90.1 cm³/mol. The van der Waals surface area contributed by atoms with Crippen LogP contribution in [0.1, 0.15) is 33.6 Å². The Balaban J connectivity index is 2.50. The molecule has 0 bridgehead atoms. The first-order valence-corrected chi connectivity index (χ1v) is 8.21. The lowest BCUT2D eigenvalue weighted by molar-refractivity contribution is 0.431. The summed E-state index contributed by atoms with van der Waals surface area (Å²) < 4.78 is 0. The molecule has 116 valence electrons. The fourth-order valence-electron chi connectivity index (χ4n) is 2.95. The Hall–Kier alpha value is -1.13. The van der Waals surface area contributed by atoms with Crippen LogP contribution >= 0.6 is 11.6 Å². The van der Waals surface area contributed by atoms with E-state index in [-0.39, 0.29) is 5.38 Å². The number of halogens is 1. The fraction of sp³-hybridized carbons (Fsp3) is 0.625. The molecule has 1 aromatic rings. The lowest BCUT2D eigenvalue weighted by Crippen LogP contribution is -2.47. The van der Waals surface area contributed by atoms with Crippen LogP contribution in [0.3, 0.4) is 0 Å². The molecule has 0 spiro atoms. The van der Waals surface area contributed by atoms with E-state index in [1.165, 1.54) is 0 Å². The second-order valence-corrected chi connectivity index (χ2v) is 6.08. The SMILES string of the molecule is C/C=c1/ncnc(N(CC)C2CCNCC2)/c1=C/C(C)Cl. The van der Waals surface area contributed by atoms with Gasteiger partial charge in [0.15, 0.2) is 0 Å². The predicted octanol–water partition coefficient (Wildman–Crippen LogP) is 1.26. The molecule has 2 heterocycles. The van der Waals surface area contributed by atoms with Gasteiger partial charge >= 0.3 is 0 Å². The molecule has 1 aliphatic heterocycles. The summed E-state index contributed by atoms with van der Waals surface area (Å²) in [7, 11) is 0. The highest BCUT2D eigenvalue weighted by molar-refractivity contribution is 6.23. The number of alkyl halides is 1. The maximum atomic E-state index is 6.19. The highest BCUT2D eigenvalue weighted by atomic mass is 35.5. The van der Waals surface area contributed by atoms with Crippen molar-refractivity contribution in [1.82, 2.24) is 15.3 Å². The summed E-state index contributed by atoms with van der Waals surface area (Å²) in [6, 6.07) is 0.536. The van der Waals surface area contributed by atoms with Crippen LogP contribution in [0.2, 0.25) is 0 Å². The van der Waals surface area contributed by atoms with Crippen LogP contribution in [0, 0.1) is 0 Å². The van der Waals surface area contributed by atoms with Crippen molar-refractivity contribution in [2.24, 2.45) is 0 Å². The molecule has 0 aliphatic carbocycles. The Morgan fingerprint density at radius 2 is 2.14 bits per heavy atom. The zero-order chi connectivity index (χ0) is 15.2. The van der Waals surface area contributed by atoms with Gasteiger partial charge in [0.05, 0.1) is 5.35 Å². The first kappa shape index (κ1) is 16.2. The lowest BCUT2D eigenvalue weighted by Gasteiger charge is -2.35. The van der Waals surface area contributed by atoms with Crippen molar-refractivity contribution in [1.29, 1.82) is 0 Å². The number of nitrogens with zero attached hydrogens (tertiary/aromatic N) is 3. The van der Waals surface area contributed by atoms with Gasteiger partial charge in [0.1, 0.15) is 12.1 Å². The van der Waals surface area contributed by atoms with Gasteiger partial charge in [0.2, 0.25) is 0 Å². The third-order valence-corrected chi connectivity index (χ3v) is 4.05. The van der Waals surface area contributed by atoms with E-state index in [0.717, 1.165) is 48.9 Å². The van der Waals surface area contributed by atoms with Gasteiger partial charge in [0.25, 0.3) is 0 Å². The molecule has 1 aromatic heterocycles. The molecular formula is C16H25ClN4. The summed E-state index contributed by atoms with van der Waals surface area (Å²) in [6.07, 6.45) is 8.03. The maximum Gasteiger partial charge on any atom is 0.139 e. The summed E-state index contributed by atoms with van der Waals surface area (Å²) in [4.78, 5) is 11.4. The molecule has 5 heteroatoms. The molecule has 1 atom stereocenters. The number of anilines is 1. The normalized spacial score (nSPS) is 19.8. The fourth-order valence-corrected chi connectivity index (χ4v) is 3.07. The molecular weight excluding hydrogens is 284 g/mol. The highest BCUT2D eigenvalue weighted by Crippen LogP contribution is 2.16. The number of hydrogen-bond acceptors (Lipinski definition) is 4. The third kappa shape index (κ3) is 3.95. The van der Waals surface area contributed by atoms with Crippen molar-refractivity contribution < 1.29 is 0 Å². The van der Waals surface area contributed by atoms with Gasteiger partial charge in [-0.1, -0.05) is 12.2 Å². The van der Waals surface area contributed by atoms with Crippen LogP contribution in [-0.4, -0.2) is 41.0 Å². The van der Waals surface area contributed by atoms with Gasteiger partial charge in [-0.15, -0.1) is 11.6 Å². The molecule has 0 amide bonds. The van der Waals surface area contributed by atoms with E-state index in [2.05, 4.69) is 33.2 Å². The largest absolute Gasteiger partial charge is 0.353 e. The van der Waals surface area contributed by atoms with Gasteiger partial charge in [-0.25, -0.2) is 9.97 Å². The van der Waals surface area contributed by atoms with Gasteiger partial charge < -0.3 is 10.2 Å². The van der Waals surface area contributed by atoms with E-state index in [0.29, 0.717) is 6.04 Å². The molecule has 1 aliphatic rings. The van der Waals surface area contributed by atoms with Crippen molar-refractivity contribution in [3.05, 3.63) is 16.9 Å². The summed E-state index contributed by atoms with van der Waals surface area (Å²) in [5.74, 6) is 1.01. The highest BCUT2D eigenvalue weighted by Gasteiger charge is 2.22. The van der Waals surface area contributed by atoms with Crippen molar-refractivity contribution in [2.75, 3.05) is 24.5 Å².